The number of likely N-dealkylation sites (tertiary alicyclic amines) is 1. The minimum Gasteiger partial charge on any atom is -0.461 e. The number of carbonyl (C=O) groups is 3. The maximum Gasteiger partial charge on any atom is 0.306 e. The van der Waals surface area contributed by atoms with Gasteiger partial charge in [-0.05, 0) is 40.7 Å². The average Bonchev–Trinajstić information content (AvgIpc) is 3.21. The number of benzene rings is 3. The van der Waals surface area contributed by atoms with Crippen LogP contribution in [0.5, 0.6) is 0 Å². The molecule has 5 nitrogen and oxygen atoms in total. The summed E-state index contributed by atoms with van der Waals surface area (Å²) in [7, 11) is 0. The summed E-state index contributed by atoms with van der Waals surface area (Å²) in [5.74, 6) is -2.34. The van der Waals surface area contributed by atoms with E-state index >= 15 is 0 Å². The highest BCUT2D eigenvalue weighted by Gasteiger charge is 2.72. The summed E-state index contributed by atoms with van der Waals surface area (Å²) < 4.78 is 5.33. The summed E-state index contributed by atoms with van der Waals surface area (Å²) in [6.07, 6.45) is 2.19. The Balaban J connectivity index is 1.14. The fraction of sp³-hybridized carbons (Fsp3) is 0.323. The van der Waals surface area contributed by atoms with Gasteiger partial charge in [0.2, 0.25) is 11.8 Å². The summed E-state index contributed by atoms with van der Waals surface area (Å²) in [6, 6.07) is 24.8. The molecule has 1 aliphatic heterocycles. The van der Waals surface area contributed by atoms with Crippen molar-refractivity contribution >= 4 is 41.0 Å². The summed E-state index contributed by atoms with van der Waals surface area (Å²) in [4.78, 5) is 38.7. The highest BCUT2D eigenvalue weighted by molar-refractivity contribution is 6.36. The molecule has 1 fully saturated rings. The Morgan fingerprint density at radius 3 is 1.68 bits per heavy atom. The number of halogens is 2. The van der Waals surface area contributed by atoms with Crippen molar-refractivity contribution in [3.8, 4) is 0 Å². The van der Waals surface area contributed by atoms with Gasteiger partial charge in [-0.3, -0.25) is 19.3 Å². The van der Waals surface area contributed by atoms with E-state index in [4.69, 9.17) is 27.9 Å². The predicted molar refractivity (Wildman–Crippen MR) is 145 cm³/mol. The number of hydrogen-bond donors (Lipinski definition) is 0. The Hall–Kier alpha value is -3.15. The van der Waals surface area contributed by atoms with Gasteiger partial charge in [-0.15, -0.1) is 23.2 Å². The molecule has 0 radical (unpaired) electrons. The number of nitrogens with zero attached hydrogens (tertiary/aromatic N) is 1. The third-order valence-corrected chi connectivity index (χ3v) is 9.47. The molecule has 0 unspecified atom stereocenters. The molecule has 0 aromatic heterocycles. The van der Waals surface area contributed by atoms with Gasteiger partial charge in [0.15, 0.2) is 0 Å². The third kappa shape index (κ3) is 3.63. The van der Waals surface area contributed by atoms with Crippen molar-refractivity contribution in [2.75, 3.05) is 6.54 Å². The lowest BCUT2D eigenvalue weighted by Gasteiger charge is -2.54. The number of amides is 2. The molecule has 0 saturated carbocycles. The Kier molecular flexibility index (Phi) is 6.32. The van der Waals surface area contributed by atoms with Crippen molar-refractivity contribution in [3.63, 3.8) is 0 Å². The van der Waals surface area contributed by atoms with Crippen molar-refractivity contribution in [3.05, 3.63) is 107 Å². The van der Waals surface area contributed by atoms with Crippen LogP contribution in [-0.2, 0) is 35.5 Å². The van der Waals surface area contributed by atoms with Crippen LogP contribution in [0, 0.1) is 11.8 Å². The Morgan fingerprint density at radius 1 is 0.711 bits per heavy atom. The second-order valence-corrected chi connectivity index (χ2v) is 11.4. The molecule has 4 aliphatic rings. The van der Waals surface area contributed by atoms with Crippen LogP contribution in [0.4, 0.5) is 0 Å². The van der Waals surface area contributed by atoms with Gasteiger partial charge in [0.25, 0.3) is 0 Å². The third-order valence-electron chi connectivity index (χ3n) is 8.18. The van der Waals surface area contributed by atoms with Crippen LogP contribution in [0.15, 0.2) is 78.9 Å². The van der Waals surface area contributed by atoms with E-state index in [1.807, 2.05) is 78.9 Å². The topological polar surface area (TPSA) is 63.7 Å². The maximum absolute atomic E-state index is 13.8. The molecular weight excluding hydrogens is 521 g/mol. The van der Waals surface area contributed by atoms with Crippen LogP contribution in [-0.4, -0.2) is 29.2 Å². The zero-order valence-electron chi connectivity index (χ0n) is 20.7. The predicted octanol–water partition coefficient (Wildman–Crippen LogP) is 5.88. The molecule has 3 aliphatic carbocycles. The van der Waals surface area contributed by atoms with Crippen LogP contribution in [0.1, 0.15) is 53.5 Å². The number of rotatable bonds is 8. The van der Waals surface area contributed by atoms with Gasteiger partial charge in [-0.1, -0.05) is 85.3 Å². The fourth-order valence-electron chi connectivity index (χ4n) is 6.47. The summed E-state index contributed by atoms with van der Waals surface area (Å²) >= 11 is 14.9. The van der Waals surface area contributed by atoms with Crippen LogP contribution in [0.25, 0.3) is 0 Å². The molecule has 1 heterocycles. The number of ether oxygens (including phenoxy) is 1. The molecule has 3 aromatic rings. The first kappa shape index (κ1) is 25.1. The average molecular weight is 548 g/mol. The standard InChI is InChI=1S/C31H27Cl2NO4/c32-30-21-13-6-7-14-22(21)31(33,24-16-9-8-15-23(24)30)27-26(30)28(36)34(29(27)37)18-10-2-5-17-25(35)38-19-20-11-3-1-4-12-20/h1,3-4,6-9,11-16,26-27H,2,5,10,17-19H2/t26-,27-,30?,31?/m1/s1. The van der Waals surface area contributed by atoms with E-state index in [1.54, 1.807) is 0 Å². The van der Waals surface area contributed by atoms with Gasteiger partial charge < -0.3 is 4.74 Å². The van der Waals surface area contributed by atoms with Crippen LogP contribution in [0.3, 0.4) is 0 Å². The van der Waals surface area contributed by atoms with Crippen molar-refractivity contribution in [1.82, 2.24) is 4.90 Å². The van der Waals surface area contributed by atoms with E-state index in [0.717, 1.165) is 27.8 Å². The molecule has 0 spiro atoms. The number of esters is 1. The van der Waals surface area contributed by atoms with Gasteiger partial charge in [-0.2, -0.15) is 0 Å². The summed E-state index contributed by atoms with van der Waals surface area (Å²) in [6.45, 7) is 0.528. The Labute approximate surface area is 231 Å². The van der Waals surface area contributed by atoms with Gasteiger partial charge in [0.1, 0.15) is 16.4 Å². The molecule has 194 valence electrons. The van der Waals surface area contributed by atoms with Crippen LogP contribution >= 0.6 is 23.2 Å². The first-order chi connectivity index (χ1) is 18.4. The van der Waals surface area contributed by atoms with E-state index in [9.17, 15) is 14.4 Å². The SMILES string of the molecule is O=C(CCCCCN1C(=O)[C@H]2[C@H](C1=O)C1(Cl)c3ccccc3C2(Cl)c2ccccc21)OCc1ccccc1. The van der Waals surface area contributed by atoms with Gasteiger partial charge in [-0.25, -0.2) is 0 Å². The van der Waals surface area contributed by atoms with Gasteiger partial charge in [0.05, 0.1) is 11.8 Å². The molecule has 7 heteroatoms. The van der Waals surface area contributed by atoms with Crippen molar-refractivity contribution in [1.29, 1.82) is 0 Å². The first-order valence-corrected chi connectivity index (χ1v) is 13.8. The lowest BCUT2D eigenvalue weighted by atomic mass is 9.54. The normalized spacial score (nSPS) is 26.6. The molecule has 3 aromatic carbocycles. The molecule has 2 bridgehead atoms. The monoisotopic (exact) mass is 547 g/mol. The van der Waals surface area contributed by atoms with Crippen LogP contribution < -0.4 is 0 Å². The largest absolute Gasteiger partial charge is 0.461 e. The number of alkyl halides is 2. The Morgan fingerprint density at radius 2 is 1.18 bits per heavy atom. The fourth-order valence-corrected chi connectivity index (χ4v) is 7.57. The first-order valence-electron chi connectivity index (χ1n) is 13.0. The number of hydrogen-bond acceptors (Lipinski definition) is 4. The second-order valence-electron chi connectivity index (χ2n) is 10.3. The van der Waals surface area contributed by atoms with Crippen molar-refractivity contribution < 1.29 is 19.1 Å². The maximum atomic E-state index is 13.8. The zero-order chi connectivity index (χ0) is 26.5. The number of unbranched alkanes of at least 4 members (excludes halogenated alkanes) is 2. The number of imide groups is 1. The van der Waals surface area contributed by atoms with Crippen molar-refractivity contribution in [2.24, 2.45) is 11.8 Å². The molecule has 0 N–H and O–H groups in total. The van der Waals surface area contributed by atoms with Gasteiger partial charge in [0, 0.05) is 13.0 Å². The summed E-state index contributed by atoms with van der Waals surface area (Å²) in [5, 5.41) is 0. The summed E-state index contributed by atoms with van der Waals surface area (Å²) in [5.41, 5.74) is 4.14. The molecule has 7 rings (SSSR count). The smallest absolute Gasteiger partial charge is 0.306 e. The van der Waals surface area contributed by atoms with E-state index in [-0.39, 0.29) is 30.9 Å². The van der Waals surface area contributed by atoms with Crippen LogP contribution in [0.2, 0.25) is 0 Å². The van der Waals surface area contributed by atoms with Gasteiger partial charge >= 0.3 is 5.97 Å². The van der Waals surface area contributed by atoms with E-state index in [1.165, 1.54) is 4.90 Å². The molecule has 2 atom stereocenters. The minimum atomic E-state index is -1.15. The van der Waals surface area contributed by atoms with Crippen molar-refractivity contribution in [2.45, 2.75) is 42.0 Å². The lowest BCUT2D eigenvalue weighted by molar-refractivity contribution is -0.145. The molecular formula is C31H27Cl2NO4. The highest BCUT2D eigenvalue weighted by atomic mass is 35.5. The molecule has 38 heavy (non-hydrogen) atoms. The highest BCUT2D eigenvalue weighted by Crippen LogP contribution is 2.69. The quantitative estimate of drug-likeness (QED) is 0.153. The zero-order valence-corrected chi connectivity index (χ0v) is 22.3. The molecule has 2 amide bonds. The Bertz CT molecular complexity index is 1300. The second kappa shape index (κ2) is 9.55. The van der Waals surface area contributed by atoms with E-state index in [2.05, 4.69) is 0 Å². The minimum absolute atomic E-state index is 0.254. The van der Waals surface area contributed by atoms with E-state index < -0.39 is 21.6 Å². The van der Waals surface area contributed by atoms with E-state index in [0.29, 0.717) is 25.7 Å². The number of carbonyl (C=O) groups excluding carboxylic acids is 3. The molecule has 1 saturated heterocycles. The lowest BCUT2D eigenvalue weighted by Crippen LogP contribution is -2.57.